The molecule has 0 saturated heterocycles. The SMILES string of the molecule is O=C(/C=C/S(F)(F)(F)(F)F)Nc1ccccc1. The summed E-state index contributed by atoms with van der Waals surface area (Å²) in [5, 5.41) is 0.729. The van der Waals surface area contributed by atoms with Crippen LogP contribution in [0.1, 0.15) is 0 Å². The van der Waals surface area contributed by atoms with E-state index in [1.54, 1.807) is 6.07 Å². The number of anilines is 1. The highest BCUT2D eigenvalue weighted by atomic mass is 32.5. The van der Waals surface area contributed by atoms with Crippen LogP contribution in [0.5, 0.6) is 0 Å². The van der Waals surface area contributed by atoms with Gasteiger partial charge in [0.1, 0.15) is 0 Å². The van der Waals surface area contributed by atoms with Crippen molar-refractivity contribution in [3.05, 3.63) is 41.8 Å². The van der Waals surface area contributed by atoms with Crippen LogP contribution in [0.2, 0.25) is 0 Å². The number of hydrogen-bond donors (Lipinski definition) is 1. The average Bonchev–Trinajstić information content (AvgIpc) is 2.14. The first-order valence-corrected chi connectivity index (χ1v) is 6.26. The monoisotopic (exact) mass is 273 g/mol. The number of para-hydroxylation sites is 1. The zero-order valence-corrected chi connectivity index (χ0v) is 9.06. The molecule has 0 saturated carbocycles. The maximum atomic E-state index is 11.8. The molecule has 0 fully saturated rings. The topological polar surface area (TPSA) is 29.1 Å². The molecule has 8 heteroatoms. The molecule has 1 amide bonds. The highest BCUT2D eigenvalue weighted by Crippen LogP contribution is 2.98. The van der Waals surface area contributed by atoms with Gasteiger partial charge in [0.05, 0.1) is 5.41 Å². The molecule has 0 radical (unpaired) electrons. The summed E-state index contributed by atoms with van der Waals surface area (Å²) in [6, 6.07) is 7.50. The molecule has 1 rings (SSSR count). The first-order valence-electron chi connectivity index (χ1n) is 4.24. The van der Waals surface area contributed by atoms with Gasteiger partial charge in [0.2, 0.25) is 5.91 Å². The summed E-state index contributed by atoms with van der Waals surface area (Å²) in [6.45, 7) is 0. The van der Waals surface area contributed by atoms with Crippen molar-refractivity contribution in [2.24, 2.45) is 0 Å². The Morgan fingerprint density at radius 1 is 1.06 bits per heavy atom. The number of hydrogen-bond acceptors (Lipinski definition) is 1. The summed E-state index contributed by atoms with van der Waals surface area (Å²) in [5.74, 6) is -1.27. The summed E-state index contributed by atoms with van der Waals surface area (Å²) in [7, 11) is -9.67. The standard InChI is InChI=1S/C9H8F5NOS/c10-17(11,12,13,14)7-6-9(16)15-8-4-2-1-3-5-8/h1-7H,(H,15,16)/b7-6+. The number of amides is 1. The van der Waals surface area contributed by atoms with E-state index >= 15 is 0 Å². The summed E-state index contributed by atoms with van der Waals surface area (Å²) < 4.78 is 59.2. The molecule has 0 unspecified atom stereocenters. The second kappa shape index (κ2) is 3.46. The summed E-state index contributed by atoms with van der Waals surface area (Å²) in [4.78, 5) is 10.9. The minimum atomic E-state index is -9.67. The lowest BCUT2D eigenvalue weighted by atomic mass is 10.3. The van der Waals surface area contributed by atoms with Gasteiger partial charge in [0.25, 0.3) is 0 Å². The van der Waals surface area contributed by atoms with Gasteiger partial charge >= 0.3 is 10.2 Å². The van der Waals surface area contributed by atoms with Gasteiger partial charge in [-0.3, -0.25) is 4.79 Å². The Bertz CT molecular complexity index is 453. The van der Waals surface area contributed by atoms with Crippen LogP contribution in [-0.2, 0) is 4.79 Å². The Balaban J connectivity index is 2.73. The van der Waals surface area contributed by atoms with Gasteiger partial charge in [0.15, 0.2) is 0 Å². The fraction of sp³-hybridized carbons (Fsp3) is 0. The van der Waals surface area contributed by atoms with Crippen molar-refractivity contribution in [3.63, 3.8) is 0 Å². The molecule has 1 N–H and O–H groups in total. The minimum absolute atomic E-state index is 0.212. The van der Waals surface area contributed by atoms with Crippen LogP contribution in [0.15, 0.2) is 41.8 Å². The Morgan fingerprint density at radius 3 is 2.06 bits per heavy atom. The summed E-state index contributed by atoms with van der Waals surface area (Å²) >= 11 is 0. The first kappa shape index (κ1) is 13.5. The smallest absolute Gasteiger partial charge is 0.304 e. The predicted molar refractivity (Wildman–Crippen MR) is 57.3 cm³/mol. The molecule has 0 bridgehead atoms. The molecule has 1 aromatic carbocycles. The molecule has 0 aromatic heterocycles. The fourth-order valence-corrected chi connectivity index (χ4v) is 1.28. The molecule has 0 spiro atoms. The van der Waals surface area contributed by atoms with Gasteiger partial charge in [-0.1, -0.05) is 37.6 Å². The van der Waals surface area contributed by atoms with Crippen molar-refractivity contribution < 1.29 is 24.2 Å². The number of carbonyl (C=O) groups excluding carboxylic acids is 1. The largest absolute Gasteiger partial charge is 0.322 e. The van der Waals surface area contributed by atoms with Gasteiger partial charge in [-0.25, -0.2) is 0 Å². The molecule has 0 aliphatic carbocycles. The van der Waals surface area contributed by atoms with E-state index in [2.05, 4.69) is 0 Å². The van der Waals surface area contributed by atoms with Gasteiger partial charge in [0, 0.05) is 11.8 Å². The van der Waals surface area contributed by atoms with Crippen LogP contribution in [0, 0.1) is 0 Å². The van der Waals surface area contributed by atoms with Crippen LogP contribution in [-0.4, -0.2) is 5.91 Å². The summed E-state index contributed by atoms with van der Waals surface area (Å²) in [5.41, 5.74) is 0.212. The lowest BCUT2D eigenvalue weighted by Crippen LogP contribution is -2.09. The van der Waals surface area contributed by atoms with E-state index in [9.17, 15) is 24.2 Å². The number of carbonyl (C=O) groups is 1. The Labute approximate surface area is 93.8 Å². The molecule has 0 heterocycles. The highest BCUT2D eigenvalue weighted by molar-refractivity contribution is 8.48. The number of nitrogens with one attached hydrogen (secondary N) is 1. The van der Waals surface area contributed by atoms with E-state index in [4.69, 9.17) is 0 Å². The fourth-order valence-electron chi connectivity index (χ4n) is 0.896. The van der Waals surface area contributed by atoms with E-state index in [0.29, 0.717) is 0 Å². The van der Waals surface area contributed by atoms with Crippen molar-refractivity contribution in [1.82, 2.24) is 0 Å². The molecular formula is C9H8F5NOS. The van der Waals surface area contributed by atoms with Gasteiger partial charge in [-0.05, 0) is 12.1 Å². The molecule has 1 aromatic rings. The van der Waals surface area contributed by atoms with Crippen LogP contribution in [0.3, 0.4) is 0 Å². The Hall–Kier alpha value is -1.57. The third-order valence-electron chi connectivity index (χ3n) is 1.52. The van der Waals surface area contributed by atoms with E-state index in [-0.39, 0.29) is 11.8 Å². The van der Waals surface area contributed by atoms with Crippen molar-refractivity contribution >= 4 is 21.8 Å². The average molecular weight is 273 g/mol. The van der Waals surface area contributed by atoms with Crippen LogP contribution < -0.4 is 5.32 Å². The van der Waals surface area contributed by atoms with Crippen LogP contribution in [0.4, 0.5) is 25.1 Å². The third-order valence-corrected chi connectivity index (χ3v) is 2.17. The molecule has 0 aliphatic rings. The van der Waals surface area contributed by atoms with Gasteiger partial charge in [-0.2, -0.15) is 0 Å². The lowest BCUT2D eigenvalue weighted by Gasteiger charge is -2.36. The molecular weight excluding hydrogens is 265 g/mol. The maximum Gasteiger partial charge on any atom is 0.304 e. The highest BCUT2D eigenvalue weighted by Gasteiger charge is 2.60. The zero-order chi connectivity index (χ0) is 13.2. The van der Waals surface area contributed by atoms with Gasteiger partial charge in [-0.15, -0.1) is 0 Å². The van der Waals surface area contributed by atoms with Crippen LogP contribution in [0.25, 0.3) is 0 Å². The van der Waals surface area contributed by atoms with Crippen molar-refractivity contribution in [3.8, 4) is 0 Å². The Kier molecular flexibility index (Phi) is 2.75. The normalized spacial score (nSPS) is 16.3. The summed E-state index contributed by atoms with van der Waals surface area (Å²) in [6.07, 6.45) is -0.228. The zero-order valence-electron chi connectivity index (χ0n) is 8.25. The van der Waals surface area contributed by atoms with Crippen molar-refractivity contribution in [2.45, 2.75) is 0 Å². The van der Waals surface area contributed by atoms with Crippen molar-refractivity contribution in [1.29, 1.82) is 0 Å². The second-order valence-electron chi connectivity index (χ2n) is 3.19. The molecule has 96 valence electrons. The molecule has 0 aliphatic heterocycles. The van der Waals surface area contributed by atoms with Gasteiger partial charge < -0.3 is 5.32 Å². The second-order valence-corrected chi connectivity index (χ2v) is 5.52. The lowest BCUT2D eigenvalue weighted by molar-refractivity contribution is -0.111. The molecule has 17 heavy (non-hydrogen) atoms. The van der Waals surface area contributed by atoms with E-state index < -0.39 is 21.5 Å². The first-order chi connectivity index (χ1) is 7.45. The molecule has 2 nitrogen and oxygen atoms in total. The Morgan fingerprint density at radius 2 is 1.59 bits per heavy atom. The maximum absolute atomic E-state index is 11.8. The van der Waals surface area contributed by atoms with E-state index in [1.165, 1.54) is 24.3 Å². The number of halogens is 5. The van der Waals surface area contributed by atoms with Crippen LogP contribution >= 0.6 is 10.2 Å². The minimum Gasteiger partial charge on any atom is -0.322 e. The third kappa shape index (κ3) is 6.56. The van der Waals surface area contributed by atoms with E-state index in [1.807, 2.05) is 5.32 Å². The van der Waals surface area contributed by atoms with E-state index in [0.717, 1.165) is 0 Å². The molecule has 0 atom stereocenters. The predicted octanol–water partition coefficient (Wildman–Crippen LogP) is 4.44. The quantitative estimate of drug-likeness (QED) is 0.640. The number of benzene rings is 1. The van der Waals surface area contributed by atoms with Crippen molar-refractivity contribution in [2.75, 3.05) is 5.32 Å². The number of rotatable bonds is 3.